The molecule has 4 heterocycles. The van der Waals surface area contributed by atoms with Crippen LogP contribution in [0.1, 0.15) is 30.5 Å². The number of carbonyl (C=O) groups is 2. The van der Waals surface area contributed by atoms with Gasteiger partial charge < -0.3 is 14.5 Å². The Morgan fingerprint density at radius 3 is 3.00 bits per heavy atom. The van der Waals surface area contributed by atoms with E-state index < -0.39 is 0 Å². The Labute approximate surface area is 162 Å². The zero-order valence-corrected chi connectivity index (χ0v) is 15.8. The van der Waals surface area contributed by atoms with Crippen molar-refractivity contribution in [3.8, 4) is 5.88 Å². The number of ether oxygens (including phenoxy) is 1. The molecule has 2 aromatic heterocycles. The Morgan fingerprint density at radius 2 is 2.25 bits per heavy atom. The molecule has 2 aromatic rings. The Bertz CT molecular complexity index is 840. The Morgan fingerprint density at radius 1 is 1.36 bits per heavy atom. The highest BCUT2D eigenvalue weighted by Crippen LogP contribution is 2.32. The van der Waals surface area contributed by atoms with Gasteiger partial charge in [-0.1, -0.05) is 11.2 Å². The van der Waals surface area contributed by atoms with Crippen molar-refractivity contribution >= 4 is 11.8 Å². The van der Waals surface area contributed by atoms with Crippen LogP contribution in [-0.4, -0.2) is 68.7 Å². The number of carbonyl (C=O) groups excluding carboxylic acids is 2. The van der Waals surface area contributed by atoms with Crippen LogP contribution in [0.2, 0.25) is 0 Å². The van der Waals surface area contributed by atoms with E-state index in [0.29, 0.717) is 50.5 Å². The number of aromatic nitrogens is 3. The van der Waals surface area contributed by atoms with E-state index in [1.165, 1.54) is 0 Å². The monoisotopic (exact) mass is 385 g/mol. The molecule has 2 aliphatic heterocycles. The molecule has 9 heteroatoms. The number of likely N-dealkylation sites (tertiary alicyclic amines) is 2. The van der Waals surface area contributed by atoms with Crippen LogP contribution in [0.5, 0.6) is 5.88 Å². The number of pyridine rings is 1. The van der Waals surface area contributed by atoms with Crippen molar-refractivity contribution in [1.82, 2.24) is 25.1 Å². The Hall–Kier alpha value is -2.97. The van der Waals surface area contributed by atoms with Crippen LogP contribution in [-0.2, 0) is 16.0 Å². The summed E-state index contributed by atoms with van der Waals surface area (Å²) in [6, 6.07) is 3.87. The summed E-state index contributed by atoms with van der Waals surface area (Å²) in [6.07, 6.45) is 5.79. The number of hydrogen-bond acceptors (Lipinski definition) is 7. The Kier molecular flexibility index (Phi) is 5.23. The molecule has 0 aromatic carbocycles. The summed E-state index contributed by atoms with van der Waals surface area (Å²) in [4.78, 5) is 33.0. The van der Waals surface area contributed by atoms with Gasteiger partial charge in [-0.15, -0.1) is 0 Å². The summed E-state index contributed by atoms with van der Waals surface area (Å²) in [5.41, 5.74) is 1.63. The second-order valence-corrected chi connectivity index (χ2v) is 7.17. The molecule has 148 valence electrons. The first-order chi connectivity index (χ1) is 13.6. The molecule has 2 saturated heterocycles. The van der Waals surface area contributed by atoms with Crippen LogP contribution in [0, 0.1) is 6.92 Å². The van der Waals surface area contributed by atoms with E-state index in [1.807, 2.05) is 21.9 Å². The summed E-state index contributed by atoms with van der Waals surface area (Å²) in [7, 11) is 0. The Balaban J connectivity index is 1.30. The van der Waals surface area contributed by atoms with Crippen LogP contribution in [0.3, 0.4) is 0 Å². The number of amides is 2. The van der Waals surface area contributed by atoms with Gasteiger partial charge in [0.2, 0.25) is 11.8 Å². The van der Waals surface area contributed by atoms with Crippen molar-refractivity contribution in [2.75, 3.05) is 19.7 Å². The van der Waals surface area contributed by atoms with E-state index >= 15 is 0 Å². The molecule has 9 nitrogen and oxygen atoms in total. The third-order valence-corrected chi connectivity index (χ3v) is 5.47. The summed E-state index contributed by atoms with van der Waals surface area (Å²) >= 11 is 0. The van der Waals surface area contributed by atoms with Gasteiger partial charge in [0.15, 0.2) is 0 Å². The van der Waals surface area contributed by atoms with Crippen molar-refractivity contribution in [3.63, 3.8) is 0 Å². The van der Waals surface area contributed by atoms with Gasteiger partial charge in [-0.05, 0) is 36.6 Å². The zero-order valence-electron chi connectivity index (χ0n) is 15.8. The molecule has 0 N–H and O–H groups in total. The van der Waals surface area contributed by atoms with Gasteiger partial charge in [-0.2, -0.15) is 0 Å². The van der Waals surface area contributed by atoms with Crippen molar-refractivity contribution < 1.29 is 19.0 Å². The summed E-state index contributed by atoms with van der Waals surface area (Å²) in [6.45, 7) is 3.22. The first-order valence-electron chi connectivity index (χ1n) is 9.53. The molecule has 2 aliphatic rings. The summed E-state index contributed by atoms with van der Waals surface area (Å²) in [5, 5.41) is 7.34. The largest absolute Gasteiger partial charge is 0.472 e. The highest BCUT2D eigenvalue weighted by atomic mass is 16.6. The van der Waals surface area contributed by atoms with Gasteiger partial charge in [0, 0.05) is 31.8 Å². The normalized spacial score (nSPS) is 21.2. The smallest absolute Gasteiger partial charge is 0.278 e. The van der Waals surface area contributed by atoms with Crippen LogP contribution >= 0.6 is 0 Å². The van der Waals surface area contributed by atoms with Crippen molar-refractivity contribution in [3.05, 3.63) is 35.8 Å². The maximum Gasteiger partial charge on any atom is 0.278 e. The predicted molar refractivity (Wildman–Crippen MR) is 97.3 cm³/mol. The second kappa shape index (κ2) is 7.95. The second-order valence-electron chi connectivity index (χ2n) is 7.17. The lowest BCUT2D eigenvalue weighted by molar-refractivity contribution is -0.132. The van der Waals surface area contributed by atoms with Crippen LogP contribution in [0.15, 0.2) is 29.2 Å². The highest BCUT2D eigenvalue weighted by Gasteiger charge is 2.47. The fourth-order valence-corrected chi connectivity index (χ4v) is 4.06. The van der Waals surface area contributed by atoms with Crippen molar-refractivity contribution in [2.24, 2.45) is 0 Å². The van der Waals surface area contributed by atoms with Gasteiger partial charge in [0.05, 0.1) is 18.6 Å². The number of nitrogens with zero attached hydrogens (tertiary/aromatic N) is 5. The molecule has 4 rings (SSSR count). The average molecular weight is 385 g/mol. The van der Waals surface area contributed by atoms with Gasteiger partial charge in [0.25, 0.3) is 5.88 Å². The lowest BCUT2D eigenvalue weighted by Crippen LogP contribution is -2.41. The predicted octanol–water partition coefficient (Wildman–Crippen LogP) is 0.986. The van der Waals surface area contributed by atoms with E-state index in [4.69, 9.17) is 4.74 Å². The van der Waals surface area contributed by atoms with E-state index in [1.54, 1.807) is 19.3 Å². The summed E-state index contributed by atoms with van der Waals surface area (Å²) < 4.78 is 10.1. The molecule has 2 fully saturated rings. The standard InChI is InChI=1S/C19H23N5O4/c1-13-19(22-28-21-13)27-10-9-24-15-6-8-23(16(15)11-18(24)26)17(25)5-4-14-3-2-7-20-12-14/h2-3,7,12,15-16H,4-6,8-11H2,1H3/t15-,16-/m0/s1. The molecule has 0 unspecified atom stereocenters. The molecule has 2 amide bonds. The van der Waals surface area contributed by atoms with Gasteiger partial charge in [0.1, 0.15) is 12.3 Å². The maximum atomic E-state index is 12.7. The fraction of sp³-hybridized carbons (Fsp3) is 0.526. The van der Waals surface area contributed by atoms with E-state index in [-0.39, 0.29) is 23.9 Å². The molecule has 0 saturated carbocycles. The molecule has 28 heavy (non-hydrogen) atoms. The highest BCUT2D eigenvalue weighted by molar-refractivity contribution is 5.83. The van der Waals surface area contributed by atoms with E-state index in [9.17, 15) is 9.59 Å². The van der Waals surface area contributed by atoms with E-state index in [2.05, 4.69) is 19.9 Å². The number of fused-ring (bicyclic) bond motifs is 1. The number of aryl methyl sites for hydroxylation is 2. The van der Waals surface area contributed by atoms with Gasteiger partial charge in [-0.25, -0.2) is 4.63 Å². The lowest BCUT2D eigenvalue weighted by atomic mass is 10.1. The first kappa shape index (κ1) is 18.4. The van der Waals surface area contributed by atoms with Crippen LogP contribution in [0.4, 0.5) is 0 Å². The number of rotatable bonds is 7. The molecular weight excluding hydrogens is 362 g/mol. The van der Waals surface area contributed by atoms with Gasteiger partial charge >= 0.3 is 0 Å². The minimum atomic E-state index is -0.0376. The topological polar surface area (TPSA) is 102 Å². The molecular formula is C19H23N5O4. The average Bonchev–Trinajstić information content (AvgIpc) is 3.37. The molecule has 0 aliphatic carbocycles. The maximum absolute atomic E-state index is 12.7. The quantitative estimate of drug-likeness (QED) is 0.700. The summed E-state index contributed by atoms with van der Waals surface area (Å²) in [5.74, 6) is 0.520. The van der Waals surface area contributed by atoms with Crippen LogP contribution in [0.25, 0.3) is 0 Å². The zero-order chi connectivity index (χ0) is 19.5. The molecule has 0 spiro atoms. The van der Waals surface area contributed by atoms with Crippen LogP contribution < -0.4 is 4.74 Å². The minimum absolute atomic E-state index is 0.0376. The molecule has 0 radical (unpaired) electrons. The fourth-order valence-electron chi connectivity index (χ4n) is 4.06. The van der Waals surface area contributed by atoms with E-state index in [0.717, 1.165) is 12.0 Å². The lowest BCUT2D eigenvalue weighted by Gasteiger charge is -2.25. The SMILES string of the molecule is Cc1nonc1OCCN1C(=O)C[C@H]2[C@@H]1CCN2C(=O)CCc1cccnc1. The third kappa shape index (κ3) is 3.69. The molecule has 2 atom stereocenters. The van der Waals surface area contributed by atoms with Crippen molar-refractivity contribution in [2.45, 2.75) is 44.7 Å². The number of hydrogen-bond donors (Lipinski definition) is 0. The third-order valence-electron chi connectivity index (χ3n) is 5.47. The molecule has 0 bridgehead atoms. The van der Waals surface area contributed by atoms with Gasteiger partial charge in [-0.3, -0.25) is 14.6 Å². The first-order valence-corrected chi connectivity index (χ1v) is 9.53. The minimum Gasteiger partial charge on any atom is -0.472 e. The van der Waals surface area contributed by atoms with Crippen molar-refractivity contribution in [1.29, 1.82) is 0 Å².